The molecule has 1 saturated carbocycles. The van der Waals surface area contributed by atoms with Crippen LogP contribution in [0.25, 0.3) is 0 Å². The number of amides is 2. The molecule has 1 aliphatic heterocycles. The van der Waals surface area contributed by atoms with Crippen molar-refractivity contribution in [3.05, 3.63) is 16.1 Å². The van der Waals surface area contributed by atoms with Crippen LogP contribution in [0, 0.1) is 12.8 Å². The molecule has 2 N–H and O–H groups in total. The molecule has 0 spiro atoms. The number of urea groups is 1. The molecule has 6 nitrogen and oxygen atoms in total. The number of carboxylic acids is 1. The molecule has 21 heavy (non-hydrogen) atoms. The maximum absolute atomic E-state index is 12.4. The summed E-state index contributed by atoms with van der Waals surface area (Å²) in [6.07, 6.45) is 2.17. The zero-order chi connectivity index (χ0) is 15.0. The van der Waals surface area contributed by atoms with Crippen molar-refractivity contribution in [3.8, 4) is 0 Å². The Morgan fingerprint density at radius 1 is 1.52 bits per heavy atom. The lowest BCUT2D eigenvalue weighted by molar-refractivity contribution is -0.141. The Bertz CT molecular complexity index is 559. The average molecular weight is 327 g/mol. The number of thioether (sulfide) groups is 1. The number of nitrogens with zero attached hydrogens (tertiary/aromatic N) is 2. The van der Waals surface area contributed by atoms with Gasteiger partial charge in [0.15, 0.2) is 0 Å². The van der Waals surface area contributed by atoms with Crippen molar-refractivity contribution in [2.45, 2.75) is 37.7 Å². The van der Waals surface area contributed by atoms with Gasteiger partial charge in [-0.15, -0.1) is 23.1 Å². The monoisotopic (exact) mass is 327 g/mol. The highest BCUT2D eigenvalue weighted by atomic mass is 32.2. The van der Waals surface area contributed by atoms with E-state index in [1.165, 1.54) is 16.2 Å². The van der Waals surface area contributed by atoms with E-state index in [1.54, 1.807) is 17.3 Å². The van der Waals surface area contributed by atoms with E-state index in [0.29, 0.717) is 18.2 Å². The molecule has 2 amide bonds. The van der Waals surface area contributed by atoms with Crippen LogP contribution in [0.3, 0.4) is 0 Å². The van der Waals surface area contributed by atoms with Crippen molar-refractivity contribution in [2.75, 3.05) is 5.75 Å². The van der Waals surface area contributed by atoms with Crippen LogP contribution >= 0.6 is 23.1 Å². The second kappa shape index (κ2) is 5.84. The lowest BCUT2D eigenvalue weighted by atomic mass is 10.2. The van der Waals surface area contributed by atoms with Crippen LogP contribution in [0.2, 0.25) is 0 Å². The summed E-state index contributed by atoms with van der Waals surface area (Å²) in [6.45, 7) is 2.30. The summed E-state index contributed by atoms with van der Waals surface area (Å²) < 4.78 is 0. The van der Waals surface area contributed by atoms with Crippen molar-refractivity contribution < 1.29 is 14.7 Å². The third-order valence-electron chi connectivity index (χ3n) is 3.82. The maximum Gasteiger partial charge on any atom is 0.327 e. The molecule has 3 rings (SSSR count). The Hall–Kier alpha value is -1.28. The Labute approximate surface area is 130 Å². The molecule has 2 atom stereocenters. The van der Waals surface area contributed by atoms with Crippen molar-refractivity contribution in [1.29, 1.82) is 0 Å². The number of carbonyl (C=O) groups excluding carboxylic acids is 1. The van der Waals surface area contributed by atoms with Gasteiger partial charge in [-0.3, -0.25) is 4.90 Å². The maximum atomic E-state index is 12.4. The van der Waals surface area contributed by atoms with Gasteiger partial charge in [0.2, 0.25) is 0 Å². The Morgan fingerprint density at radius 3 is 2.86 bits per heavy atom. The van der Waals surface area contributed by atoms with E-state index in [-0.39, 0.29) is 11.4 Å². The standard InChI is InChI=1S/C13H17N3O3S2/c1-7-10(21-6-15-7)4-14-13(19)16-9(12(17)18)5-20-11(16)8-2-3-8/h6,8-9,11H,2-5H2,1H3,(H,14,19)(H,17,18). The average Bonchev–Trinajstić information content (AvgIpc) is 3.06. The molecule has 1 aliphatic carbocycles. The van der Waals surface area contributed by atoms with E-state index in [2.05, 4.69) is 10.3 Å². The zero-order valence-corrected chi connectivity index (χ0v) is 13.2. The van der Waals surface area contributed by atoms with Crippen molar-refractivity contribution >= 4 is 35.1 Å². The quantitative estimate of drug-likeness (QED) is 0.882. The highest BCUT2D eigenvalue weighted by Crippen LogP contribution is 2.45. The third-order valence-corrected chi connectivity index (χ3v) is 6.22. The molecular formula is C13H17N3O3S2. The molecule has 114 valence electrons. The summed E-state index contributed by atoms with van der Waals surface area (Å²) >= 11 is 3.08. The van der Waals surface area contributed by atoms with Crippen LogP contribution in [-0.4, -0.2) is 44.2 Å². The molecule has 0 bridgehead atoms. The Morgan fingerprint density at radius 2 is 2.29 bits per heavy atom. The number of carbonyl (C=O) groups is 2. The fourth-order valence-electron chi connectivity index (χ4n) is 2.46. The molecule has 2 unspecified atom stereocenters. The Kier molecular flexibility index (Phi) is 4.08. The first-order valence-corrected chi connectivity index (χ1v) is 8.80. The number of aliphatic carboxylic acids is 1. The van der Waals surface area contributed by atoms with Gasteiger partial charge in [-0.1, -0.05) is 0 Å². The van der Waals surface area contributed by atoms with Gasteiger partial charge in [0, 0.05) is 10.6 Å². The normalized spacial score (nSPS) is 25.1. The molecule has 0 aromatic carbocycles. The first kappa shape index (κ1) is 14.6. The van der Waals surface area contributed by atoms with Crippen LogP contribution in [-0.2, 0) is 11.3 Å². The minimum Gasteiger partial charge on any atom is -0.480 e. The van der Waals surface area contributed by atoms with Crippen molar-refractivity contribution in [2.24, 2.45) is 5.92 Å². The van der Waals surface area contributed by atoms with Gasteiger partial charge in [-0.2, -0.15) is 0 Å². The summed E-state index contributed by atoms with van der Waals surface area (Å²) in [5.41, 5.74) is 2.65. The number of aromatic nitrogens is 1. The van der Waals surface area contributed by atoms with Gasteiger partial charge in [-0.25, -0.2) is 14.6 Å². The molecule has 1 aromatic heterocycles. The summed E-state index contributed by atoms with van der Waals surface area (Å²) in [7, 11) is 0. The van der Waals surface area contributed by atoms with Gasteiger partial charge in [0.05, 0.1) is 23.1 Å². The summed E-state index contributed by atoms with van der Waals surface area (Å²) in [5, 5.41) is 12.2. The molecule has 8 heteroatoms. The zero-order valence-electron chi connectivity index (χ0n) is 11.6. The molecule has 1 saturated heterocycles. The van der Waals surface area contributed by atoms with Gasteiger partial charge >= 0.3 is 12.0 Å². The predicted molar refractivity (Wildman–Crippen MR) is 81.3 cm³/mol. The van der Waals surface area contributed by atoms with E-state index >= 15 is 0 Å². The van der Waals surface area contributed by atoms with Crippen molar-refractivity contribution in [3.63, 3.8) is 0 Å². The minimum absolute atomic E-state index is 0.00802. The summed E-state index contributed by atoms with van der Waals surface area (Å²) in [4.78, 5) is 30.5. The van der Waals surface area contributed by atoms with E-state index in [0.717, 1.165) is 23.4 Å². The number of aryl methyl sites for hydroxylation is 1. The predicted octanol–water partition coefficient (Wildman–Crippen LogP) is 1.90. The van der Waals surface area contributed by atoms with Crippen LogP contribution < -0.4 is 5.32 Å². The van der Waals surface area contributed by atoms with Gasteiger partial charge in [-0.05, 0) is 25.7 Å². The van der Waals surface area contributed by atoms with E-state index < -0.39 is 12.0 Å². The van der Waals surface area contributed by atoms with Crippen LogP contribution in [0.15, 0.2) is 5.51 Å². The summed E-state index contributed by atoms with van der Waals surface area (Å²) in [6, 6.07) is -1.000. The smallest absolute Gasteiger partial charge is 0.327 e. The molecule has 2 aliphatic rings. The van der Waals surface area contributed by atoms with Gasteiger partial charge in [0.25, 0.3) is 0 Å². The fourth-order valence-corrected chi connectivity index (χ4v) is 4.81. The van der Waals surface area contributed by atoms with E-state index in [1.807, 2.05) is 6.92 Å². The molecule has 0 radical (unpaired) electrons. The molecule has 2 fully saturated rings. The number of hydrogen-bond acceptors (Lipinski definition) is 5. The van der Waals surface area contributed by atoms with Crippen molar-refractivity contribution in [1.82, 2.24) is 15.2 Å². The number of carboxylic acid groups (broad SMARTS) is 1. The Balaban J connectivity index is 1.67. The highest BCUT2D eigenvalue weighted by molar-refractivity contribution is 8.00. The lowest BCUT2D eigenvalue weighted by Gasteiger charge is -2.27. The number of rotatable bonds is 4. The highest BCUT2D eigenvalue weighted by Gasteiger charge is 2.48. The topological polar surface area (TPSA) is 82.5 Å². The van der Waals surface area contributed by atoms with Gasteiger partial charge in [0.1, 0.15) is 6.04 Å². The van der Waals surface area contributed by atoms with E-state index in [9.17, 15) is 14.7 Å². The minimum atomic E-state index is -0.922. The van der Waals surface area contributed by atoms with Crippen LogP contribution in [0.1, 0.15) is 23.4 Å². The largest absolute Gasteiger partial charge is 0.480 e. The number of thiazole rings is 1. The SMILES string of the molecule is Cc1ncsc1CNC(=O)N1C(C(=O)O)CSC1C1CC1. The molecule has 2 heterocycles. The van der Waals surface area contributed by atoms with Crippen LogP contribution in [0.4, 0.5) is 4.79 Å². The summed E-state index contributed by atoms with van der Waals surface area (Å²) in [5.74, 6) is 0.00812. The fraction of sp³-hybridized carbons (Fsp3) is 0.615. The third kappa shape index (κ3) is 3.01. The first-order chi connectivity index (χ1) is 10.1. The number of nitrogens with one attached hydrogen (secondary N) is 1. The molecular weight excluding hydrogens is 310 g/mol. The van der Waals surface area contributed by atoms with Crippen LogP contribution in [0.5, 0.6) is 0 Å². The second-order valence-electron chi connectivity index (χ2n) is 5.34. The van der Waals surface area contributed by atoms with Gasteiger partial charge < -0.3 is 10.4 Å². The first-order valence-electron chi connectivity index (χ1n) is 6.87. The number of hydrogen-bond donors (Lipinski definition) is 2. The second-order valence-corrected chi connectivity index (χ2v) is 7.43. The lowest BCUT2D eigenvalue weighted by Crippen LogP contribution is -2.50. The van der Waals surface area contributed by atoms with E-state index in [4.69, 9.17) is 0 Å². The molecule has 1 aromatic rings.